The molecule has 3 aromatic rings. The van der Waals surface area contributed by atoms with Crippen molar-refractivity contribution in [3.8, 4) is 22.8 Å². The standard InChI is InChI=1S/C27H29Cl2N5O4/c1-4-17(35)7-16-12-38-13-19(16)33-27-31-11-15-8-18(32-26(25(15)34-27)30-10-14-5-6-14)22-23(28)20(36-2)9-21(37-3)24(22)29/h4,8-9,11,14,16,19H,1,5-7,10,12-13H2,2-3H3,(H,30,32)(H,31,33,34)/t16-,19+/m0/s1/i2D3,3D3. The number of anilines is 2. The van der Waals surface area contributed by atoms with E-state index in [0.29, 0.717) is 48.3 Å². The Kier molecular flexibility index (Phi) is 5.91. The second kappa shape index (κ2) is 11.3. The number of carbonyl (C=O) groups excluding carboxylic acids is 1. The van der Waals surface area contributed by atoms with Gasteiger partial charge in [0.15, 0.2) is 11.6 Å². The van der Waals surface area contributed by atoms with Crippen molar-refractivity contribution in [1.82, 2.24) is 15.0 Å². The number of fused-ring (bicyclic) bond motifs is 1. The molecule has 2 aliphatic rings. The third-order valence-electron chi connectivity index (χ3n) is 6.63. The molecule has 0 unspecified atom stereocenters. The molecule has 2 N–H and O–H groups in total. The molecule has 11 heteroatoms. The van der Waals surface area contributed by atoms with E-state index in [9.17, 15) is 4.79 Å². The molecule has 38 heavy (non-hydrogen) atoms. The Morgan fingerprint density at radius 1 is 1.21 bits per heavy atom. The summed E-state index contributed by atoms with van der Waals surface area (Å²) in [6, 6.07) is 2.42. The first-order valence-corrected chi connectivity index (χ1v) is 12.8. The molecular formula is C27H29Cl2N5O4. The van der Waals surface area contributed by atoms with Gasteiger partial charge in [-0.15, -0.1) is 0 Å². The predicted molar refractivity (Wildman–Crippen MR) is 149 cm³/mol. The molecule has 0 radical (unpaired) electrons. The lowest BCUT2D eigenvalue weighted by Gasteiger charge is -2.19. The number of hydrogen-bond donors (Lipinski definition) is 2. The summed E-state index contributed by atoms with van der Waals surface area (Å²) in [7, 11) is -5.81. The molecular weight excluding hydrogens is 529 g/mol. The van der Waals surface area contributed by atoms with E-state index in [1.807, 2.05) is 0 Å². The van der Waals surface area contributed by atoms with Gasteiger partial charge < -0.3 is 24.8 Å². The average Bonchev–Trinajstić information content (AvgIpc) is 3.67. The van der Waals surface area contributed by atoms with E-state index >= 15 is 0 Å². The molecule has 3 heterocycles. The van der Waals surface area contributed by atoms with Crippen molar-refractivity contribution in [3.05, 3.63) is 41.0 Å². The zero-order chi connectivity index (χ0) is 31.8. The Morgan fingerprint density at radius 2 is 1.97 bits per heavy atom. The van der Waals surface area contributed by atoms with Gasteiger partial charge in [0.1, 0.15) is 17.0 Å². The minimum absolute atomic E-state index is 0.00531. The predicted octanol–water partition coefficient (Wildman–Crippen LogP) is 5.41. The Labute approximate surface area is 239 Å². The summed E-state index contributed by atoms with van der Waals surface area (Å²) < 4.78 is 60.9. The van der Waals surface area contributed by atoms with Crippen molar-refractivity contribution >= 4 is 51.7 Å². The number of nitrogens with one attached hydrogen (secondary N) is 2. The minimum atomic E-state index is -2.90. The van der Waals surface area contributed by atoms with Gasteiger partial charge in [-0.25, -0.2) is 15.0 Å². The molecule has 2 aromatic heterocycles. The first kappa shape index (κ1) is 19.9. The number of ketones is 1. The molecule has 2 atom stereocenters. The summed E-state index contributed by atoms with van der Waals surface area (Å²) in [5.41, 5.74) is 0.657. The van der Waals surface area contributed by atoms with E-state index in [4.69, 9.17) is 55.6 Å². The number of benzene rings is 1. The van der Waals surface area contributed by atoms with Gasteiger partial charge in [0.05, 0.1) is 57.3 Å². The van der Waals surface area contributed by atoms with Crippen molar-refractivity contribution in [3.63, 3.8) is 0 Å². The van der Waals surface area contributed by atoms with Gasteiger partial charge in [-0.3, -0.25) is 4.79 Å². The molecule has 0 bridgehead atoms. The van der Waals surface area contributed by atoms with Crippen LogP contribution in [0, 0.1) is 11.8 Å². The molecule has 1 aliphatic heterocycles. The Balaban J connectivity index is 1.58. The number of halogens is 2. The highest BCUT2D eigenvalue weighted by atomic mass is 35.5. The van der Waals surface area contributed by atoms with Crippen LogP contribution in [0.3, 0.4) is 0 Å². The van der Waals surface area contributed by atoms with Crippen LogP contribution >= 0.6 is 23.2 Å². The highest BCUT2D eigenvalue weighted by Gasteiger charge is 2.30. The average molecular weight is 565 g/mol. The van der Waals surface area contributed by atoms with E-state index < -0.39 is 14.1 Å². The lowest BCUT2D eigenvalue weighted by molar-refractivity contribution is -0.115. The van der Waals surface area contributed by atoms with E-state index in [1.54, 1.807) is 12.3 Å². The van der Waals surface area contributed by atoms with Crippen LogP contribution in [0.2, 0.25) is 10.0 Å². The zero-order valence-corrected chi connectivity index (χ0v) is 21.7. The number of aromatic nitrogens is 3. The number of carbonyl (C=O) groups is 1. The molecule has 1 saturated carbocycles. The third kappa shape index (κ3) is 5.50. The number of hydrogen-bond acceptors (Lipinski definition) is 9. The molecule has 5 rings (SSSR count). The summed E-state index contributed by atoms with van der Waals surface area (Å²) in [5, 5.41) is 6.72. The number of rotatable bonds is 11. The fourth-order valence-electron chi connectivity index (χ4n) is 4.35. The number of pyridine rings is 1. The topological polar surface area (TPSA) is 107 Å². The maximum atomic E-state index is 12.0. The SMILES string of the molecule is [2H]C([2H])([2H])Oc1cc(OC([2H])([2H])[2H])c(Cl)c(-c2cc3cnc(N[C@@H]4COC[C@@H]4CC(=O)C=C)nc3c(NCC3CC3)n2)c1Cl. The van der Waals surface area contributed by atoms with Crippen molar-refractivity contribution in [2.45, 2.75) is 25.3 Å². The second-order valence-electron chi connectivity index (χ2n) is 9.31. The molecule has 9 nitrogen and oxygen atoms in total. The maximum absolute atomic E-state index is 12.0. The van der Waals surface area contributed by atoms with Gasteiger partial charge in [-0.1, -0.05) is 29.8 Å². The van der Waals surface area contributed by atoms with Crippen LogP contribution in [0.4, 0.5) is 11.8 Å². The van der Waals surface area contributed by atoms with Crippen molar-refractivity contribution in [1.29, 1.82) is 0 Å². The molecule has 1 aliphatic carbocycles. The fraction of sp³-hybridized carbons (Fsp3) is 0.407. The second-order valence-corrected chi connectivity index (χ2v) is 10.1. The summed E-state index contributed by atoms with van der Waals surface area (Å²) in [6.45, 7) is 4.96. The molecule has 0 amide bonds. The lowest BCUT2D eigenvalue weighted by Crippen LogP contribution is -2.30. The van der Waals surface area contributed by atoms with Crippen LogP contribution in [0.5, 0.6) is 11.5 Å². The van der Waals surface area contributed by atoms with Gasteiger partial charge >= 0.3 is 0 Å². The highest BCUT2D eigenvalue weighted by Crippen LogP contribution is 2.46. The first-order chi connectivity index (χ1) is 20.7. The number of methoxy groups -OCH3 is 2. The van der Waals surface area contributed by atoms with E-state index in [-0.39, 0.29) is 57.0 Å². The molecule has 2 fully saturated rings. The number of allylic oxidation sites excluding steroid dienone is 1. The van der Waals surface area contributed by atoms with Gasteiger partial charge in [0.25, 0.3) is 0 Å². The van der Waals surface area contributed by atoms with E-state index in [0.717, 1.165) is 18.9 Å². The van der Waals surface area contributed by atoms with Crippen LogP contribution in [-0.2, 0) is 9.53 Å². The quantitative estimate of drug-likeness (QED) is 0.296. The Hall–Kier alpha value is -3.14. The Morgan fingerprint density at radius 3 is 2.66 bits per heavy atom. The monoisotopic (exact) mass is 563 g/mol. The number of nitrogens with zero attached hydrogens (tertiary/aromatic N) is 3. The smallest absolute Gasteiger partial charge is 0.223 e. The largest absolute Gasteiger partial charge is 0.495 e. The zero-order valence-electron chi connectivity index (χ0n) is 26.2. The van der Waals surface area contributed by atoms with Crippen LogP contribution in [0.1, 0.15) is 27.5 Å². The third-order valence-corrected chi connectivity index (χ3v) is 7.39. The minimum Gasteiger partial charge on any atom is -0.495 e. The van der Waals surface area contributed by atoms with Gasteiger partial charge in [-0.05, 0) is 30.9 Å². The summed E-state index contributed by atoms with van der Waals surface area (Å²) in [4.78, 5) is 25.9. The molecule has 0 spiro atoms. The van der Waals surface area contributed by atoms with Gasteiger partial charge in [-0.2, -0.15) is 0 Å². The van der Waals surface area contributed by atoms with Crippen molar-refractivity contribution in [2.75, 3.05) is 44.5 Å². The summed E-state index contributed by atoms with van der Waals surface area (Å²) in [6.07, 6.45) is 5.29. The van der Waals surface area contributed by atoms with Crippen molar-refractivity contribution < 1.29 is 27.2 Å². The van der Waals surface area contributed by atoms with E-state index in [2.05, 4.69) is 22.2 Å². The maximum Gasteiger partial charge on any atom is 0.223 e. The van der Waals surface area contributed by atoms with Crippen LogP contribution in [0.15, 0.2) is 31.0 Å². The normalized spacial score (nSPS) is 21.8. The fourth-order valence-corrected chi connectivity index (χ4v) is 4.97. The summed E-state index contributed by atoms with van der Waals surface area (Å²) >= 11 is 13.2. The highest BCUT2D eigenvalue weighted by molar-refractivity contribution is 6.41. The van der Waals surface area contributed by atoms with Crippen LogP contribution in [0.25, 0.3) is 22.2 Å². The van der Waals surface area contributed by atoms with Crippen LogP contribution < -0.4 is 20.1 Å². The first-order valence-electron chi connectivity index (χ1n) is 15.0. The molecule has 200 valence electrons. The van der Waals surface area contributed by atoms with Gasteiger partial charge in [0.2, 0.25) is 5.95 Å². The Bertz CT molecular complexity index is 1550. The van der Waals surface area contributed by atoms with Crippen LogP contribution in [-0.4, -0.2) is 60.6 Å². The van der Waals surface area contributed by atoms with E-state index in [1.165, 1.54) is 6.08 Å². The molecule has 1 aromatic carbocycles. The van der Waals surface area contributed by atoms with Gasteiger partial charge in [0, 0.05) is 42.1 Å². The van der Waals surface area contributed by atoms with Crippen molar-refractivity contribution in [2.24, 2.45) is 11.8 Å². The summed E-state index contributed by atoms with van der Waals surface area (Å²) in [5.74, 6) is 0.281. The lowest BCUT2D eigenvalue weighted by atomic mass is 9.97. The number of ether oxygens (including phenoxy) is 3. The molecule has 1 saturated heterocycles.